The third kappa shape index (κ3) is 3.24. The van der Waals surface area contributed by atoms with E-state index in [2.05, 4.69) is 0 Å². The van der Waals surface area contributed by atoms with Gasteiger partial charge in [-0.3, -0.25) is 4.90 Å². The molecule has 4 nitrogen and oxygen atoms in total. The quantitative estimate of drug-likeness (QED) is 0.689. The summed E-state index contributed by atoms with van der Waals surface area (Å²) in [6, 6.07) is 0. The molecule has 0 atom stereocenters. The summed E-state index contributed by atoms with van der Waals surface area (Å²) in [5, 5.41) is 0. The fraction of sp³-hybridized carbons (Fsp3) is 1.00. The average Bonchev–Trinajstić information content (AvgIpc) is 2.19. The van der Waals surface area contributed by atoms with Crippen molar-refractivity contribution in [1.29, 1.82) is 0 Å². The van der Waals surface area contributed by atoms with Gasteiger partial charge in [0.2, 0.25) is 0 Å². The van der Waals surface area contributed by atoms with Crippen molar-refractivity contribution in [3.8, 4) is 0 Å². The van der Waals surface area contributed by atoms with E-state index in [1.165, 1.54) is 0 Å². The van der Waals surface area contributed by atoms with Crippen molar-refractivity contribution in [2.24, 2.45) is 0 Å². The van der Waals surface area contributed by atoms with Crippen LogP contribution in [-0.2, 0) is 10.0 Å². The summed E-state index contributed by atoms with van der Waals surface area (Å²) >= 11 is 5.52. The van der Waals surface area contributed by atoms with E-state index in [9.17, 15) is 17.2 Å². The Morgan fingerprint density at radius 3 is 2.13 bits per heavy atom. The van der Waals surface area contributed by atoms with Crippen molar-refractivity contribution < 1.29 is 17.2 Å². The normalized spacial score (nSPS) is 21.1. The van der Waals surface area contributed by atoms with Crippen molar-refractivity contribution in [2.75, 3.05) is 38.6 Å². The summed E-state index contributed by atoms with van der Waals surface area (Å²) in [7, 11) is -4.40. The van der Waals surface area contributed by atoms with Gasteiger partial charge in [0.25, 0.3) is 10.0 Å². The molecular formula is C7H13ClF2N2O2S. The van der Waals surface area contributed by atoms with Crippen LogP contribution in [0.3, 0.4) is 0 Å². The van der Waals surface area contributed by atoms with E-state index in [0.717, 1.165) is 4.31 Å². The topological polar surface area (TPSA) is 40.6 Å². The maximum absolute atomic E-state index is 12.2. The Bertz CT molecular complexity index is 291. The highest BCUT2D eigenvalue weighted by Gasteiger charge is 2.33. The van der Waals surface area contributed by atoms with Gasteiger partial charge in [0.15, 0.2) is 0 Å². The molecule has 0 aromatic heterocycles. The van der Waals surface area contributed by atoms with E-state index in [1.807, 2.05) is 4.90 Å². The summed E-state index contributed by atoms with van der Waals surface area (Å²) in [4.78, 5) is 1.95. The first-order chi connectivity index (χ1) is 6.98. The molecule has 1 rings (SSSR count). The van der Waals surface area contributed by atoms with Crippen LogP contribution in [0.1, 0.15) is 0 Å². The highest BCUT2D eigenvalue weighted by molar-refractivity contribution is 7.89. The second-order valence-electron chi connectivity index (χ2n) is 3.24. The highest BCUT2D eigenvalue weighted by atomic mass is 35.5. The molecule has 1 fully saturated rings. The summed E-state index contributed by atoms with van der Waals surface area (Å²) in [5.74, 6) is -2.86. The Morgan fingerprint density at radius 2 is 1.73 bits per heavy atom. The SMILES string of the molecule is O=S(=O)(C(F)F)N1CCN(CCCl)CC1. The molecule has 15 heavy (non-hydrogen) atoms. The maximum Gasteiger partial charge on any atom is 0.350 e. The number of hydrogen-bond acceptors (Lipinski definition) is 3. The lowest BCUT2D eigenvalue weighted by Crippen LogP contribution is -2.50. The van der Waals surface area contributed by atoms with Gasteiger partial charge in [-0.05, 0) is 0 Å². The number of piperazine rings is 1. The molecule has 0 bridgehead atoms. The lowest BCUT2D eigenvalue weighted by Gasteiger charge is -2.33. The molecule has 0 aromatic carbocycles. The number of alkyl halides is 3. The van der Waals surface area contributed by atoms with E-state index in [0.29, 0.717) is 25.5 Å². The van der Waals surface area contributed by atoms with Crippen LogP contribution >= 0.6 is 11.6 Å². The number of hydrogen-bond donors (Lipinski definition) is 0. The molecule has 0 unspecified atom stereocenters. The van der Waals surface area contributed by atoms with Gasteiger partial charge in [0.05, 0.1) is 0 Å². The smallest absolute Gasteiger partial charge is 0.300 e. The minimum Gasteiger partial charge on any atom is -0.300 e. The number of nitrogens with zero attached hydrogens (tertiary/aromatic N) is 2. The number of rotatable bonds is 4. The van der Waals surface area contributed by atoms with Crippen LogP contribution in [0.25, 0.3) is 0 Å². The van der Waals surface area contributed by atoms with Gasteiger partial charge in [-0.2, -0.15) is 13.1 Å². The van der Waals surface area contributed by atoms with Gasteiger partial charge < -0.3 is 0 Å². The predicted octanol–water partition coefficient (Wildman–Crippen LogP) is 0.395. The van der Waals surface area contributed by atoms with Crippen molar-refractivity contribution in [3.05, 3.63) is 0 Å². The largest absolute Gasteiger partial charge is 0.350 e. The average molecular weight is 263 g/mol. The zero-order valence-corrected chi connectivity index (χ0v) is 9.65. The molecule has 0 amide bonds. The van der Waals surface area contributed by atoms with Crippen LogP contribution in [0.15, 0.2) is 0 Å². The zero-order valence-electron chi connectivity index (χ0n) is 8.07. The monoisotopic (exact) mass is 262 g/mol. The Labute approximate surface area is 92.8 Å². The van der Waals surface area contributed by atoms with Crippen LogP contribution in [0.4, 0.5) is 8.78 Å². The molecule has 0 radical (unpaired) electrons. The zero-order chi connectivity index (χ0) is 11.5. The third-order valence-electron chi connectivity index (χ3n) is 2.32. The lowest BCUT2D eigenvalue weighted by atomic mass is 10.4. The molecule has 0 N–H and O–H groups in total. The molecule has 0 aliphatic carbocycles. The third-order valence-corrected chi connectivity index (χ3v) is 4.02. The molecule has 1 saturated heterocycles. The fourth-order valence-electron chi connectivity index (χ4n) is 1.44. The van der Waals surface area contributed by atoms with Gasteiger partial charge in [-0.15, -0.1) is 11.6 Å². The van der Waals surface area contributed by atoms with Crippen LogP contribution < -0.4 is 0 Å². The lowest BCUT2D eigenvalue weighted by molar-refractivity contribution is 0.175. The Morgan fingerprint density at radius 1 is 1.20 bits per heavy atom. The highest BCUT2D eigenvalue weighted by Crippen LogP contribution is 2.14. The van der Waals surface area contributed by atoms with Gasteiger partial charge in [-0.25, -0.2) is 8.42 Å². The fourth-order valence-corrected chi connectivity index (χ4v) is 2.58. The van der Waals surface area contributed by atoms with E-state index in [1.54, 1.807) is 0 Å². The molecule has 8 heteroatoms. The molecule has 0 spiro atoms. The van der Waals surface area contributed by atoms with Crippen molar-refractivity contribution >= 4 is 21.6 Å². The summed E-state index contributed by atoms with van der Waals surface area (Å²) in [6.45, 7) is 1.80. The first-order valence-corrected chi connectivity index (χ1v) is 6.57. The van der Waals surface area contributed by atoms with E-state index in [-0.39, 0.29) is 13.1 Å². The van der Waals surface area contributed by atoms with Crippen LogP contribution in [0.2, 0.25) is 0 Å². The van der Waals surface area contributed by atoms with Crippen molar-refractivity contribution in [2.45, 2.75) is 5.76 Å². The van der Waals surface area contributed by atoms with Gasteiger partial charge >= 0.3 is 5.76 Å². The number of halogens is 3. The van der Waals surface area contributed by atoms with E-state index in [4.69, 9.17) is 11.6 Å². The van der Waals surface area contributed by atoms with Crippen molar-refractivity contribution in [3.63, 3.8) is 0 Å². The van der Waals surface area contributed by atoms with Gasteiger partial charge in [0.1, 0.15) is 0 Å². The summed E-state index contributed by atoms with van der Waals surface area (Å²) in [6.07, 6.45) is 0. The maximum atomic E-state index is 12.2. The molecule has 1 aliphatic rings. The molecule has 1 heterocycles. The van der Waals surface area contributed by atoms with Crippen LogP contribution in [0, 0.1) is 0 Å². The Hall–Kier alpha value is 0.0200. The molecule has 1 aliphatic heterocycles. The minimum absolute atomic E-state index is 0.115. The number of sulfonamides is 1. The van der Waals surface area contributed by atoms with E-state index >= 15 is 0 Å². The van der Waals surface area contributed by atoms with Gasteiger partial charge in [0, 0.05) is 38.6 Å². The molecule has 90 valence electrons. The standard InChI is InChI=1S/C7H13ClF2N2O2S/c8-1-2-11-3-5-12(6-4-11)15(13,14)7(9)10/h7H,1-6H2. The second-order valence-corrected chi connectivity index (χ2v) is 5.52. The summed E-state index contributed by atoms with van der Waals surface area (Å²) < 4.78 is 47.4. The Kier molecular flexibility index (Phi) is 4.69. The molecule has 0 saturated carbocycles. The second kappa shape index (κ2) is 5.38. The molecular weight excluding hydrogens is 250 g/mol. The van der Waals surface area contributed by atoms with Crippen molar-refractivity contribution in [1.82, 2.24) is 9.21 Å². The first-order valence-electron chi connectivity index (χ1n) is 4.54. The Balaban J connectivity index is 2.51. The van der Waals surface area contributed by atoms with Gasteiger partial charge in [-0.1, -0.05) is 0 Å². The van der Waals surface area contributed by atoms with Crippen LogP contribution in [-0.4, -0.2) is 62.0 Å². The predicted molar refractivity (Wildman–Crippen MR) is 53.7 cm³/mol. The molecule has 0 aromatic rings. The summed E-state index contributed by atoms with van der Waals surface area (Å²) in [5.41, 5.74) is 0. The van der Waals surface area contributed by atoms with E-state index < -0.39 is 15.8 Å². The van der Waals surface area contributed by atoms with Crippen LogP contribution in [0.5, 0.6) is 0 Å². The first kappa shape index (κ1) is 13.1. The minimum atomic E-state index is -4.40.